The van der Waals surface area contributed by atoms with Crippen LogP contribution in [0.5, 0.6) is 5.75 Å². The van der Waals surface area contributed by atoms with Crippen molar-refractivity contribution in [3.63, 3.8) is 0 Å². The van der Waals surface area contributed by atoms with E-state index < -0.39 is 23.4 Å². The molecule has 0 saturated carbocycles. The maximum atomic E-state index is 13.8. The van der Waals surface area contributed by atoms with Gasteiger partial charge in [0.2, 0.25) is 0 Å². The van der Waals surface area contributed by atoms with E-state index in [1.54, 1.807) is 29.8 Å². The summed E-state index contributed by atoms with van der Waals surface area (Å²) < 4.78 is 36.3. The van der Waals surface area contributed by atoms with Crippen LogP contribution in [-0.2, 0) is 27.4 Å². The second-order valence-electron chi connectivity index (χ2n) is 9.09. The highest BCUT2D eigenvalue weighted by Gasteiger charge is 2.29. The van der Waals surface area contributed by atoms with Crippen molar-refractivity contribution in [3.05, 3.63) is 87.5 Å². The zero-order valence-corrected chi connectivity index (χ0v) is 21.6. The van der Waals surface area contributed by atoms with Crippen molar-refractivity contribution < 1.29 is 37.4 Å². The number of hydrogen-bond acceptors (Lipinski definition) is 9. The molecule has 0 bridgehead atoms. The molecule has 11 nitrogen and oxygen atoms in total. The third-order valence-corrected chi connectivity index (χ3v) is 6.43. The minimum atomic E-state index is -0.716. The summed E-state index contributed by atoms with van der Waals surface area (Å²) in [4.78, 5) is 55.2. The van der Waals surface area contributed by atoms with E-state index in [4.69, 9.17) is 18.6 Å². The molecule has 0 N–H and O–H groups in total. The Morgan fingerprint density at radius 3 is 2.73 bits per heavy atom. The molecule has 206 valence electrons. The molecule has 1 aliphatic rings. The van der Waals surface area contributed by atoms with Gasteiger partial charge in [0.1, 0.15) is 30.1 Å². The van der Waals surface area contributed by atoms with Gasteiger partial charge in [0.25, 0.3) is 5.91 Å². The van der Waals surface area contributed by atoms with Crippen LogP contribution in [0.1, 0.15) is 44.9 Å². The normalized spacial score (nSPS) is 12.5. The molecule has 3 heterocycles. The number of fused-ring (bicyclic) bond motifs is 4. The SMILES string of the molecule is COc1ccc2c(COC(=O)CCCOC(=O)c3ncn4c3CN(C)C(=O)c3cc(F)ccc3-4)cc(=O)oc2c1. The molecule has 0 atom stereocenters. The summed E-state index contributed by atoms with van der Waals surface area (Å²) in [6, 6.07) is 10.1. The first-order chi connectivity index (χ1) is 19.2. The summed E-state index contributed by atoms with van der Waals surface area (Å²) >= 11 is 0. The Bertz CT molecular complexity index is 1690. The van der Waals surface area contributed by atoms with Crippen molar-refractivity contribution in [1.29, 1.82) is 0 Å². The van der Waals surface area contributed by atoms with Gasteiger partial charge in [0.15, 0.2) is 5.69 Å². The number of carbonyl (C=O) groups excluding carboxylic acids is 3. The fourth-order valence-electron chi connectivity index (χ4n) is 4.43. The topological polar surface area (TPSA) is 130 Å². The third-order valence-electron chi connectivity index (χ3n) is 6.43. The largest absolute Gasteiger partial charge is 0.497 e. The second-order valence-corrected chi connectivity index (χ2v) is 9.09. The third kappa shape index (κ3) is 5.28. The molecule has 1 aliphatic heterocycles. The van der Waals surface area contributed by atoms with Crippen LogP contribution < -0.4 is 10.4 Å². The number of nitrogens with zero attached hydrogens (tertiary/aromatic N) is 3. The Morgan fingerprint density at radius 1 is 1.10 bits per heavy atom. The summed E-state index contributed by atoms with van der Waals surface area (Å²) in [5.74, 6) is -1.67. The maximum Gasteiger partial charge on any atom is 0.358 e. The van der Waals surface area contributed by atoms with Crippen molar-refractivity contribution in [3.8, 4) is 11.4 Å². The van der Waals surface area contributed by atoms with Crippen LogP contribution in [0.2, 0.25) is 0 Å². The van der Waals surface area contributed by atoms with E-state index in [0.29, 0.717) is 33.7 Å². The maximum absolute atomic E-state index is 13.8. The molecular weight excluding hydrogens is 525 g/mol. The van der Waals surface area contributed by atoms with Gasteiger partial charge in [0, 0.05) is 36.6 Å². The number of hydrogen-bond donors (Lipinski definition) is 0. The fourth-order valence-corrected chi connectivity index (χ4v) is 4.43. The van der Waals surface area contributed by atoms with Crippen molar-refractivity contribution in [2.45, 2.75) is 26.0 Å². The quantitative estimate of drug-likeness (QED) is 0.184. The number of aromatic nitrogens is 2. The first-order valence-corrected chi connectivity index (χ1v) is 12.3. The van der Waals surface area contributed by atoms with E-state index in [2.05, 4.69) is 4.98 Å². The fraction of sp³-hybridized carbons (Fsp3) is 0.250. The van der Waals surface area contributed by atoms with Crippen LogP contribution >= 0.6 is 0 Å². The van der Waals surface area contributed by atoms with Crippen molar-refractivity contribution >= 4 is 28.8 Å². The Kier molecular flexibility index (Phi) is 7.32. The highest BCUT2D eigenvalue weighted by atomic mass is 19.1. The molecule has 0 saturated heterocycles. The van der Waals surface area contributed by atoms with Crippen LogP contribution in [0.3, 0.4) is 0 Å². The van der Waals surface area contributed by atoms with Gasteiger partial charge >= 0.3 is 17.6 Å². The molecule has 4 aromatic rings. The molecule has 2 aromatic heterocycles. The second kappa shape index (κ2) is 11.0. The highest BCUT2D eigenvalue weighted by molar-refractivity contribution is 5.99. The number of carbonyl (C=O) groups is 3. The van der Waals surface area contributed by atoms with Crippen LogP contribution in [0, 0.1) is 5.82 Å². The van der Waals surface area contributed by atoms with Gasteiger partial charge in [-0.15, -0.1) is 0 Å². The van der Waals surface area contributed by atoms with E-state index in [1.807, 2.05) is 0 Å². The Morgan fingerprint density at radius 2 is 1.93 bits per heavy atom. The smallest absolute Gasteiger partial charge is 0.358 e. The summed E-state index contributed by atoms with van der Waals surface area (Å²) in [6.07, 6.45) is 1.55. The molecule has 5 rings (SSSR count). The molecule has 12 heteroatoms. The average Bonchev–Trinajstić information content (AvgIpc) is 3.32. The van der Waals surface area contributed by atoms with Crippen LogP contribution in [0.4, 0.5) is 4.39 Å². The lowest BCUT2D eigenvalue weighted by atomic mass is 10.1. The number of esters is 2. The monoisotopic (exact) mass is 549 g/mol. The minimum absolute atomic E-state index is 0.0193. The first-order valence-electron chi connectivity index (χ1n) is 12.3. The summed E-state index contributed by atoms with van der Waals surface area (Å²) in [7, 11) is 3.04. The van der Waals surface area contributed by atoms with Gasteiger partial charge in [-0.25, -0.2) is 19.0 Å². The molecule has 0 unspecified atom stereocenters. The van der Waals surface area contributed by atoms with E-state index in [0.717, 1.165) is 6.07 Å². The van der Waals surface area contributed by atoms with E-state index in [-0.39, 0.29) is 49.8 Å². The van der Waals surface area contributed by atoms with Crippen LogP contribution in [-0.4, -0.2) is 53.1 Å². The molecule has 0 spiro atoms. The number of benzene rings is 2. The lowest BCUT2D eigenvalue weighted by Crippen LogP contribution is -2.26. The van der Waals surface area contributed by atoms with Crippen molar-refractivity contribution in [2.24, 2.45) is 0 Å². The van der Waals surface area contributed by atoms with Gasteiger partial charge in [-0.05, 0) is 36.8 Å². The molecule has 1 amide bonds. The van der Waals surface area contributed by atoms with E-state index in [9.17, 15) is 23.6 Å². The molecule has 2 aromatic carbocycles. The molecule has 0 fully saturated rings. The Hall–Kier alpha value is -5.00. The minimum Gasteiger partial charge on any atom is -0.497 e. The highest BCUT2D eigenvalue weighted by Crippen LogP contribution is 2.27. The Labute approximate surface area is 226 Å². The van der Waals surface area contributed by atoms with Gasteiger partial charge in [0.05, 0.1) is 37.2 Å². The van der Waals surface area contributed by atoms with Crippen molar-refractivity contribution in [1.82, 2.24) is 14.5 Å². The molecule has 0 radical (unpaired) electrons. The predicted octanol–water partition coefficient (Wildman–Crippen LogP) is 3.39. The molecule has 0 aliphatic carbocycles. The zero-order chi connectivity index (χ0) is 28.4. The van der Waals surface area contributed by atoms with E-state index >= 15 is 0 Å². The molecule has 40 heavy (non-hydrogen) atoms. The number of ether oxygens (including phenoxy) is 3. The lowest BCUT2D eigenvalue weighted by molar-refractivity contribution is -0.145. The van der Waals surface area contributed by atoms with Crippen LogP contribution in [0.25, 0.3) is 16.7 Å². The number of rotatable bonds is 8. The summed E-state index contributed by atoms with van der Waals surface area (Å²) in [5, 5.41) is 0.612. The zero-order valence-electron chi connectivity index (χ0n) is 21.6. The predicted molar refractivity (Wildman–Crippen MR) is 138 cm³/mol. The average molecular weight is 550 g/mol. The summed E-state index contributed by atoms with van der Waals surface area (Å²) in [6.45, 7) is -0.148. The number of amides is 1. The van der Waals surface area contributed by atoms with Gasteiger partial charge < -0.3 is 23.5 Å². The number of methoxy groups -OCH3 is 1. The van der Waals surface area contributed by atoms with E-state index in [1.165, 1.54) is 36.5 Å². The standard InChI is InChI=1S/C28H24FN3O8/c1-31-13-22-26(30-15-32(22)21-8-5-17(29)11-20(21)27(31)35)28(36)38-9-3-4-24(33)39-14-16-10-25(34)40-23-12-18(37-2)6-7-19(16)23/h5-8,10-12,15H,3-4,9,13-14H2,1-2H3. The van der Waals surface area contributed by atoms with Gasteiger partial charge in [-0.3, -0.25) is 14.2 Å². The van der Waals surface area contributed by atoms with Gasteiger partial charge in [-0.1, -0.05) is 0 Å². The summed E-state index contributed by atoms with van der Waals surface area (Å²) in [5.41, 5.74) is 1.22. The van der Waals surface area contributed by atoms with Gasteiger partial charge in [-0.2, -0.15) is 0 Å². The lowest BCUT2D eigenvalue weighted by Gasteiger charge is -2.14. The van der Waals surface area contributed by atoms with Crippen LogP contribution in [0.15, 0.2) is 58.0 Å². The Balaban J connectivity index is 1.17. The number of halogens is 1. The van der Waals surface area contributed by atoms with Crippen molar-refractivity contribution in [2.75, 3.05) is 20.8 Å². The first kappa shape index (κ1) is 26.6. The molecular formula is C28H24FN3O8. The number of imidazole rings is 1.